The molecule has 0 unspecified atom stereocenters. The lowest BCUT2D eigenvalue weighted by atomic mass is 9.96. The number of halogens is 1. The van der Waals surface area contributed by atoms with Crippen molar-refractivity contribution in [3.8, 4) is 0 Å². The number of carbonyl (C=O) groups is 1. The van der Waals surface area contributed by atoms with E-state index in [0.717, 1.165) is 22.9 Å². The van der Waals surface area contributed by atoms with Crippen molar-refractivity contribution in [3.63, 3.8) is 0 Å². The van der Waals surface area contributed by atoms with E-state index in [1.807, 2.05) is 13.0 Å². The molecule has 1 aliphatic carbocycles. The second-order valence-electron chi connectivity index (χ2n) is 4.75. The molecule has 1 saturated carbocycles. The van der Waals surface area contributed by atoms with Crippen LogP contribution in [0.1, 0.15) is 37.7 Å². The summed E-state index contributed by atoms with van der Waals surface area (Å²) in [5.74, 6) is 0.587. The van der Waals surface area contributed by atoms with Crippen LogP contribution in [0.3, 0.4) is 0 Å². The largest absolute Gasteiger partial charge is 0.335 e. The van der Waals surface area contributed by atoms with Gasteiger partial charge in [-0.2, -0.15) is 0 Å². The Kier molecular flexibility index (Phi) is 4.58. The second kappa shape index (κ2) is 6.18. The molecule has 1 aromatic heterocycles. The number of nitrogens with one attached hydrogen (secondary N) is 2. The van der Waals surface area contributed by atoms with E-state index in [-0.39, 0.29) is 6.03 Å². The molecule has 2 rings (SSSR count). The summed E-state index contributed by atoms with van der Waals surface area (Å²) in [7, 11) is 0. The fraction of sp³-hybridized carbons (Fsp3) is 0.538. The first-order chi connectivity index (χ1) is 8.65. The molecular weight excluding hydrogens is 294 g/mol. The lowest BCUT2D eigenvalue weighted by Crippen LogP contribution is -2.39. The van der Waals surface area contributed by atoms with Gasteiger partial charge in [0.05, 0.1) is 0 Å². The van der Waals surface area contributed by atoms with Crippen molar-refractivity contribution in [1.29, 1.82) is 0 Å². The first kappa shape index (κ1) is 13.3. The van der Waals surface area contributed by atoms with Gasteiger partial charge in [0.2, 0.25) is 0 Å². The van der Waals surface area contributed by atoms with E-state index in [1.165, 1.54) is 19.3 Å². The van der Waals surface area contributed by atoms with Crippen LogP contribution in [-0.2, 0) is 0 Å². The number of rotatable bonds is 2. The van der Waals surface area contributed by atoms with Crippen molar-refractivity contribution >= 4 is 27.8 Å². The van der Waals surface area contributed by atoms with E-state index < -0.39 is 0 Å². The van der Waals surface area contributed by atoms with Crippen LogP contribution in [0.4, 0.5) is 10.6 Å². The van der Waals surface area contributed by atoms with Crippen molar-refractivity contribution in [1.82, 2.24) is 10.3 Å². The van der Waals surface area contributed by atoms with Crippen LogP contribution < -0.4 is 10.6 Å². The Balaban J connectivity index is 1.88. The Labute approximate surface area is 116 Å². The molecule has 4 nitrogen and oxygen atoms in total. The van der Waals surface area contributed by atoms with Crippen molar-refractivity contribution in [3.05, 3.63) is 22.3 Å². The number of urea groups is 1. The standard InChI is InChI=1S/C13H18BrN3O/c1-9-7-12(15-8-11(9)14)17-13(18)16-10-5-3-2-4-6-10/h7-8,10H,2-6H2,1H3,(H2,15,16,17,18). The predicted octanol–water partition coefficient (Wildman–Crippen LogP) is 3.61. The fourth-order valence-electron chi connectivity index (χ4n) is 2.19. The first-order valence-electron chi connectivity index (χ1n) is 6.35. The molecule has 0 aromatic carbocycles. The summed E-state index contributed by atoms with van der Waals surface area (Å²) in [5, 5.41) is 5.77. The zero-order valence-corrected chi connectivity index (χ0v) is 12.1. The third-order valence-electron chi connectivity index (χ3n) is 3.23. The number of amides is 2. The molecule has 98 valence electrons. The summed E-state index contributed by atoms with van der Waals surface area (Å²) >= 11 is 3.38. The van der Waals surface area contributed by atoms with Crippen molar-refractivity contribution in [2.24, 2.45) is 0 Å². The van der Waals surface area contributed by atoms with Gasteiger partial charge in [0.1, 0.15) is 5.82 Å². The first-order valence-corrected chi connectivity index (χ1v) is 7.14. The monoisotopic (exact) mass is 311 g/mol. The van der Waals surface area contributed by atoms with E-state index in [9.17, 15) is 4.79 Å². The maximum atomic E-state index is 11.8. The lowest BCUT2D eigenvalue weighted by molar-refractivity contribution is 0.244. The van der Waals surface area contributed by atoms with Gasteiger partial charge in [0.15, 0.2) is 0 Å². The fourth-order valence-corrected chi connectivity index (χ4v) is 2.41. The second-order valence-corrected chi connectivity index (χ2v) is 5.61. The van der Waals surface area contributed by atoms with Crippen LogP contribution in [0.5, 0.6) is 0 Å². The SMILES string of the molecule is Cc1cc(NC(=O)NC2CCCCC2)ncc1Br. The van der Waals surface area contributed by atoms with E-state index >= 15 is 0 Å². The molecule has 0 radical (unpaired) electrons. The number of pyridine rings is 1. The Morgan fingerprint density at radius 2 is 2.11 bits per heavy atom. The van der Waals surface area contributed by atoms with E-state index in [2.05, 4.69) is 31.5 Å². The summed E-state index contributed by atoms with van der Waals surface area (Å²) < 4.78 is 0.945. The molecule has 1 aliphatic rings. The maximum Gasteiger partial charge on any atom is 0.320 e. The maximum absolute atomic E-state index is 11.8. The normalized spacial score (nSPS) is 16.3. The van der Waals surface area contributed by atoms with Gasteiger partial charge in [-0.1, -0.05) is 19.3 Å². The summed E-state index contributed by atoms with van der Waals surface area (Å²) in [6.07, 6.45) is 7.57. The molecule has 1 aromatic rings. The molecule has 0 saturated heterocycles. The molecule has 0 spiro atoms. The lowest BCUT2D eigenvalue weighted by Gasteiger charge is -2.22. The third-order valence-corrected chi connectivity index (χ3v) is 4.06. The topological polar surface area (TPSA) is 54.0 Å². The van der Waals surface area contributed by atoms with Crippen molar-refractivity contribution in [2.45, 2.75) is 45.1 Å². The molecular formula is C13H18BrN3O. The van der Waals surface area contributed by atoms with Gasteiger partial charge in [-0.25, -0.2) is 9.78 Å². The minimum Gasteiger partial charge on any atom is -0.335 e. The number of carbonyl (C=O) groups excluding carboxylic acids is 1. The molecule has 1 heterocycles. The van der Waals surface area contributed by atoms with Crippen LogP contribution in [0, 0.1) is 6.92 Å². The molecule has 0 atom stereocenters. The quantitative estimate of drug-likeness (QED) is 0.876. The number of hydrogen-bond donors (Lipinski definition) is 2. The molecule has 1 fully saturated rings. The molecule has 2 N–H and O–H groups in total. The molecule has 18 heavy (non-hydrogen) atoms. The van der Waals surface area contributed by atoms with Crippen LogP contribution in [0.15, 0.2) is 16.7 Å². The Hall–Kier alpha value is -1.10. The van der Waals surface area contributed by atoms with E-state index in [4.69, 9.17) is 0 Å². The minimum absolute atomic E-state index is 0.156. The smallest absolute Gasteiger partial charge is 0.320 e. The Morgan fingerprint density at radius 3 is 2.78 bits per heavy atom. The highest BCUT2D eigenvalue weighted by molar-refractivity contribution is 9.10. The van der Waals surface area contributed by atoms with Crippen LogP contribution in [0.25, 0.3) is 0 Å². The average molecular weight is 312 g/mol. The van der Waals surface area contributed by atoms with Crippen molar-refractivity contribution < 1.29 is 4.79 Å². The highest BCUT2D eigenvalue weighted by Gasteiger charge is 2.15. The Bertz CT molecular complexity index is 430. The van der Waals surface area contributed by atoms with Gasteiger partial charge < -0.3 is 5.32 Å². The summed E-state index contributed by atoms with van der Waals surface area (Å²) in [5.41, 5.74) is 1.05. The van der Waals surface area contributed by atoms with Crippen LogP contribution >= 0.6 is 15.9 Å². The van der Waals surface area contributed by atoms with Gasteiger partial charge in [-0.05, 0) is 47.3 Å². The minimum atomic E-state index is -0.156. The molecule has 2 amide bonds. The van der Waals surface area contributed by atoms with Gasteiger partial charge in [-0.3, -0.25) is 5.32 Å². The number of anilines is 1. The number of aryl methyl sites for hydroxylation is 1. The summed E-state index contributed by atoms with van der Waals surface area (Å²) in [4.78, 5) is 16.0. The summed E-state index contributed by atoms with van der Waals surface area (Å²) in [6.45, 7) is 1.97. The van der Waals surface area contributed by atoms with Gasteiger partial charge in [0, 0.05) is 16.7 Å². The van der Waals surface area contributed by atoms with Gasteiger partial charge in [0.25, 0.3) is 0 Å². The number of aromatic nitrogens is 1. The Morgan fingerprint density at radius 1 is 1.39 bits per heavy atom. The van der Waals surface area contributed by atoms with E-state index in [1.54, 1.807) is 6.20 Å². The van der Waals surface area contributed by atoms with Gasteiger partial charge in [-0.15, -0.1) is 0 Å². The third kappa shape index (κ3) is 3.70. The number of hydrogen-bond acceptors (Lipinski definition) is 2. The zero-order chi connectivity index (χ0) is 13.0. The van der Waals surface area contributed by atoms with E-state index in [0.29, 0.717) is 11.9 Å². The van der Waals surface area contributed by atoms with Crippen molar-refractivity contribution in [2.75, 3.05) is 5.32 Å². The highest BCUT2D eigenvalue weighted by Crippen LogP contribution is 2.19. The predicted molar refractivity (Wildman–Crippen MR) is 75.7 cm³/mol. The summed E-state index contributed by atoms with van der Waals surface area (Å²) in [6, 6.07) is 2.01. The zero-order valence-electron chi connectivity index (χ0n) is 10.5. The number of nitrogens with zero attached hydrogens (tertiary/aromatic N) is 1. The molecule has 5 heteroatoms. The molecule has 0 aliphatic heterocycles. The molecule has 0 bridgehead atoms. The van der Waals surface area contributed by atoms with Crippen LogP contribution in [-0.4, -0.2) is 17.1 Å². The van der Waals surface area contributed by atoms with Crippen LogP contribution in [0.2, 0.25) is 0 Å². The highest BCUT2D eigenvalue weighted by atomic mass is 79.9. The van der Waals surface area contributed by atoms with Gasteiger partial charge >= 0.3 is 6.03 Å². The average Bonchev–Trinajstić information content (AvgIpc) is 2.35.